The van der Waals surface area contributed by atoms with Gasteiger partial charge in [-0.3, -0.25) is 4.79 Å². The fraction of sp³-hybridized carbons (Fsp3) is 0.333. The number of hydrogen-bond acceptors (Lipinski definition) is 3. The van der Waals surface area contributed by atoms with Crippen LogP contribution in [-0.2, 0) is 6.18 Å². The summed E-state index contributed by atoms with van der Waals surface area (Å²) < 4.78 is 66.9. The summed E-state index contributed by atoms with van der Waals surface area (Å²) in [5.74, 6) is -4.72. The number of nitrogens with zero attached hydrogens (tertiary/aromatic N) is 2. The van der Waals surface area contributed by atoms with E-state index in [9.17, 15) is 26.7 Å². The first-order valence-corrected chi connectivity index (χ1v) is 7.13. The lowest BCUT2D eigenvalue weighted by Gasteiger charge is -2.16. The van der Waals surface area contributed by atoms with E-state index in [1.165, 1.54) is 12.1 Å². The summed E-state index contributed by atoms with van der Waals surface area (Å²) >= 11 is 0. The minimum Gasteiger partial charge on any atom is -0.346 e. The van der Waals surface area contributed by atoms with Crippen LogP contribution >= 0.6 is 0 Å². The lowest BCUT2D eigenvalue weighted by Crippen LogP contribution is -2.41. The largest absolute Gasteiger partial charge is 0.434 e. The molecule has 0 saturated carbocycles. The number of alkyl halides is 5. The van der Waals surface area contributed by atoms with Crippen LogP contribution in [-0.4, -0.2) is 34.7 Å². The zero-order valence-corrected chi connectivity index (χ0v) is 13.1. The molecule has 1 amide bonds. The maximum atomic E-state index is 13.4. The molecule has 2 aromatic rings. The molecule has 136 valence electrons. The second kappa shape index (κ2) is 6.79. The van der Waals surface area contributed by atoms with Gasteiger partial charge in [0, 0.05) is 0 Å². The third-order valence-corrected chi connectivity index (χ3v) is 3.37. The van der Waals surface area contributed by atoms with E-state index in [1.807, 2.05) is 0 Å². The first kappa shape index (κ1) is 18.8. The lowest BCUT2D eigenvalue weighted by molar-refractivity contribution is -0.143. The van der Waals surface area contributed by atoms with Crippen LogP contribution in [0.3, 0.4) is 0 Å². The molecule has 10 heteroatoms. The highest BCUT2D eigenvalue weighted by Gasteiger charge is 2.41. The maximum Gasteiger partial charge on any atom is 0.434 e. The van der Waals surface area contributed by atoms with E-state index in [2.05, 4.69) is 5.10 Å². The van der Waals surface area contributed by atoms with Gasteiger partial charge in [0.2, 0.25) is 0 Å². The van der Waals surface area contributed by atoms with Crippen LogP contribution in [0.5, 0.6) is 0 Å². The molecule has 0 radical (unpaired) electrons. The molecule has 0 unspecified atom stereocenters. The molecule has 0 atom stereocenters. The van der Waals surface area contributed by atoms with Gasteiger partial charge in [-0.1, -0.05) is 17.7 Å². The molecule has 1 heterocycles. The van der Waals surface area contributed by atoms with Crippen LogP contribution in [0.15, 0.2) is 30.5 Å². The molecule has 0 bridgehead atoms. The molecule has 2 rings (SSSR count). The molecular weight excluding hydrogens is 347 g/mol. The molecule has 1 aromatic carbocycles. The maximum absolute atomic E-state index is 13.4. The van der Waals surface area contributed by atoms with Crippen molar-refractivity contribution < 1.29 is 26.7 Å². The number of aryl methyl sites for hydroxylation is 1. The molecule has 0 aliphatic rings. The van der Waals surface area contributed by atoms with Gasteiger partial charge >= 0.3 is 6.18 Å². The first-order valence-electron chi connectivity index (χ1n) is 7.13. The normalized spacial score (nSPS) is 12.3. The third-order valence-electron chi connectivity index (χ3n) is 3.37. The van der Waals surface area contributed by atoms with Crippen molar-refractivity contribution in [3.8, 4) is 5.69 Å². The number of nitrogens with two attached hydrogens (primary N) is 1. The van der Waals surface area contributed by atoms with Gasteiger partial charge in [0.15, 0.2) is 5.69 Å². The molecule has 0 aliphatic heterocycles. The fourth-order valence-corrected chi connectivity index (χ4v) is 2.05. The first-order chi connectivity index (χ1) is 11.5. The number of rotatable bonds is 5. The van der Waals surface area contributed by atoms with E-state index in [-0.39, 0.29) is 5.69 Å². The summed E-state index contributed by atoms with van der Waals surface area (Å²) in [4.78, 5) is 11.9. The van der Waals surface area contributed by atoms with E-state index in [1.54, 1.807) is 24.4 Å². The average Bonchev–Trinajstić information content (AvgIpc) is 2.99. The quantitative estimate of drug-likeness (QED) is 0.803. The second-order valence-corrected chi connectivity index (χ2v) is 5.39. The Morgan fingerprint density at radius 2 is 1.80 bits per heavy atom. The molecule has 0 saturated heterocycles. The lowest BCUT2D eigenvalue weighted by atomic mass is 10.2. The molecular formula is C15H15F5N4O. The van der Waals surface area contributed by atoms with Crippen molar-refractivity contribution in [3.63, 3.8) is 0 Å². The molecule has 5 nitrogen and oxygen atoms in total. The Balaban J connectivity index is 2.39. The molecule has 3 N–H and O–H groups in total. The van der Waals surface area contributed by atoms with Crippen molar-refractivity contribution >= 4 is 5.91 Å². The van der Waals surface area contributed by atoms with Crippen molar-refractivity contribution in [2.45, 2.75) is 19.0 Å². The van der Waals surface area contributed by atoms with Crippen molar-refractivity contribution in [3.05, 3.63) is 47.3 Å². The number of halogens is 5. The topological polar surface area (TPSA) is 72.9 Å². The molecule has 1 aromatic heterocycles. The Bertz CT molecular complexity index is 752. The zero-order valence-electron chi connectivity index (χ0n) is 13.1. The van der Waals surface area contributed by atoms with Crippen molar-refractivity contribution in [1.82, 2.24) is 15.1 Å². The highest BCUT2D eigenvalue weighted by Crippen LogP contribution is 2.33. The van der Waals surface area contributed by atoms with Crippen LogP contribution in [0.1, 0.15) is 21.6 Å². The molecule has 0 fully saturated rings. The Morgan fingerprint density at radius 3 is 2.32 bits per heavy atom. The van der Waals surface area contributed by atoms with E-state index in [0.717, 1.165) is 5.56 Å². The number of amides is 1. The number of aromatic nitrogens is 2. The smallest absolute Gasteiger partial charge is 0.346 e. The highest BCUT2D eigenvalue weighted by molar-refractivity contribution is 5.95. The minimum absolute atomic E-state index is 0.0873. The van der Waals surface area contributed by atoms with Gasteiger partial charge in [0.05, 0.1) is 30.5 Å². The fourth-order valence-electron chi connectivity index (χ4n) is 2.05. The van der Waals surface area contributed by atoms with Gasteiger partial charge in [-0.15, -0.1) is 0 Å². The van der Waals surface area contributed by atoms with Gasteiger partial charge in [0.1, 0.15) is 0 Å². The van der Waals surface area contributed by atoms with Crippen LogP contribution in [0.4, 0.5) is 22.0 Å². The van der Waals surface area contributed by atoms with Gasteiger partial charge in [0.25, 0.3) is 11.8 Å². The second-order valence-electron chi connectivity index (χ2n) is 5.39. The average molecular weight is 362 g/mol. The van der Waals surface area contributed by atoms with Crippen molar-refractivity contribution in [2.75, 3.05) is 13.1 Å². The van der Waals surface area contributed by atoms with Crippen LogP contribution in [0.2, 0.25) is 0 Å². The van der Waals surface area contributed by atoms with Crippen molar-refractivity contribution in [1.29, 1.82) is 0 Å². The van der Waals surface area contributed by atoms with Gasteiger partial charge in [-0.05, 0) is 19.1 Å². The standard InChI is InChI=1S/C15H15F5N4O/c1-9-2-4-10(5-3-9)24-12(15(18,19)20)11(6-23-24)13(25)22-8-14(16,17)7-21/h2-6H,7-8,21H2,1H3,(H,22,25). The summed E-state index contributed by atoms with van der Waals surface area (Å²) in [7, 11) is 0. The Hall–Kier alpha value is -2.49. The summed E-state index contributed by atoms with van der Waals surface area (Å²) in [6.07, 6.45) is -4.22. The summed E-state index contributed by atoms with van der Waals surface area (Å²) in [5, 5.41) is 5.35. The Labute approximate surface area is 139 Å². The van der Waals surface area contributed by atoms with Gasteiger partial charge < -0.3 is 11.1 Å². The Kier molecular flexibility index (Phi) is 5.12. The van der Waals surface area contributed by atoms with E-state index >= 15 is 0 Å². The predicted octanol–water partition coefficient (Wildman–Crippen LogP) is 2.52. The third kappa shape index (κ3) is 4.32. The number of carbonyl (C=O) groups is 1. The zero-order chi connectivity index (χ0) is 18.8. The monoisotopic (exact) mass is 362 g/mol. The summed E-state index contributed by atoms with van der Waals surface area (Å²) in [6, 6.07) is 5.97. The predicted molar refractivity (Wildman–Crippen MR) is 79.6 cm³/mol. The summed E-state index contributed by atoms with van der Waals surface area (Å²) in [6.45, 7) is -0.453. The number of nitrogens with one attached hydrogen (secondary N) is 1. The molecule has 0 aliphatic carbocycles. The molecule has 25 heavy (non-hydrogen) atoms. The Morgan fingerprint density at radius 1 is 1.20 bits per heavy atom. The number of hydrogen-bond donors (Lipinski definition) is 2. The van der Waals surface area contributed by atoms with Crippen LogP contribution < -0.4 is 11.1 Å². The van der Waals surface area contributed by atoms with Gasteiger partial charge in [-0.2, -0.15) is 18.3 Å². The number of carbonyl (C=O) groups excluding carboxylic acids is 1. The van der Waals surface area contributed by atoms with Crippen LogP contribution in [0, 0.1) is 6.92 Å². The molecule has 0 spiro atoms. The number of benzene rings is 1. The highest BCUT2D eigenvalue weighted by atomic mass is 19.4. The van der Waals surface area contributed by atoms with E-state index in [0.29, 0.717) is 10.9 Å². The van der Waals surface area contributed by atoms with E-state index in [4.69, 9.17) is 5.73 Å². The van der Waals surface area contributed by atoms with Gasteiger partial charge in [-0.25, -0.2) is 13.5 Å². The van der Waals surface area contributed by atoms with Crippen LogP contribution in [0.25, 0.3) is 5.69 Å². The van der Waals surface area contributed by atoms with Crippen molar-refractivity contribution in [2.24, 2.45) is 5.73 Å². The van der Waals surface area contributed by atoms with E-state index < -0.39 is 42.4 Å². The SMILES string of the molecule is Cc1ccc(-n2ncc(C(=O)NCC(F)(F)CN)c2C(F)(F)F)cc1. The minimum atomic E-state index is -4.91. The summed E-state index contributed by atoms with van der Waals surface area (Å²) in [5.41, 5.74) is 3.55.